The number of phosphoric ester groups is 1. The van der Waals surface area contributed by atoms with E-state index >= 15 is 0 Å². The number of esters is 2. The van der Waals surface area contributed by atoms with E-state index in [0.29, 0.717) is 19.3 Å². The van der Waals surface area contributed by atoms with E-state index in [-0.39, 0.29) is 13.0 Å². The fraction of sp³-hybridized carbons (Fsp3) is 0.600. The summed E-state index contributed by atoms with van der Waals surface area (Å²) in [7, 11) is -4.74. The fourth-order valence-corrected chi connectivity index (χ4v) is 3.06. The van der Waals surface area contributed by atoms with Gasteiger partial charge in [-0.2, -0.15) is 0 Å². The Bertz CT molecular complexity index is 737. The molecule has 0 aliphatic heterocycles. The second-order valence-corrected chi connectivity index (χ2v) is 9.12. The van der Waals surface area contributed by atoms with Gasteiger partial charge in [-0.05, 0) is 38.5 Å². The predicted molar refractivity (Wildman–Crippen MR) is 134 cm³/mol. The molecule has 0 spiro atoms. The third-order valence-corrected chi connectivity index (χ3v) is 4.97. The van der Waals surface area contributed by atoms with Crippen molar-refractivity contribution in [3.8, 4) is 0 Å². The van der Waals surface area contributed by atoms with Gasteiger partial charge in [-0.15, -0.1) is 0 Å². The van der Waals surface area contributed by atoms with Crippen LogP contribution < -0.4 is 0 Å². The Labute approximate surface area is 208 Å². The van der Waals surface area contributed by atoms with E-state index in [9.17, 15) is 19.3 Å². The lowest BCUT2D eigenvalue weighted by molar-refractivity contribution is -0.160. The molecule has 0 bridgehead atoms. The molecule has 0 amide bonds. The van der Waals surface area contributed by atoms with Gasteiger partial charge in [-0.1, -0.05) is 68.4 Å². The summed E-state index contributed by atoms with van der Waals surface area (Å²) in [5.74, 6) is -1.22. The molecule has 0 aromatic heterocycles. The van der Waals surface area contributed by atoms with E-state index in [4.69, 9.17) is 19.3 Å². The number of ether oxygens (including phenoxy) is 2. The van der Waals surface area contributed by atoms with Crippen molar-refractivity contribution in [2.75, 3.05) is 13.2 Å². The van der Waals surface area contributed by atoms with Crippen LogP contribution in [0, 0.1) is 0 Å². The zero-order valence-corrected chi connectivity index (χ0v) is 21.7. The van der Waals surface area contributed by atoms with Crippen LogP contribution in [0.1, 0.15) is 71.6 Å². The Kier molecular flexibility index (Phi) is 20.0. The lowest BCUT2D eigenvalue weighted by atomic mass is 10.2. The lowest BCUT2D eigenvalue weighted by Gasteiger charge is -2.17. The molecule has 1 unspecified atom stereocenters. The highest BCUT2D eigenvalue weighted by atomic mass is 31.2. The van der Waals surface area contributed by atoms with E-state index in [1.54, 1.807) is 18.2 Å². The lowest BCUT2D eigenvalue weighted by Crippen LogP contribution is -2.29. The molecule has 0 fully saturated rings. The van der Waals surface area contributed by atoms with Crippen molar-refractivity contribution in [1.29, 1.82) is 0 Å². The van der Waals surface area contributed by atoms with Gasteiger partial charge in [0.2, 0.25) is 0 Å². The SMILES string of the molecule is CCCCC/C=C\C/C=C\CC(O)/C=C\C=C\CCCC(=O)O[C@H](COC(C)=O)COP(=O)(O)O. The molecule has 35 heavy (non-hydrogen) atoms. The number of allylic oxidation sites excluding steroid dienone is 6. The second kappa shape index (κ2) is 21.3. The number of rotatable bonds is 20. The van der Waals surface area contributed by atoms with Crippen molar-refractivity contribution >= 4 is 19.8 Å². The Hall–Kier alpha value is -2.03. The van der Waals surface area contributed by atoms with Gasteiger partial charge >= 0.3 is 19.8 Å². The summed E-state index contributed by atoms with van der Waals surface area (Å²) in [6.07, 6.45) is 21.1. The van der Waals surface area contributed by atoms with Crippen molar-refractivity contribution in [1.82, 2.24) is 0 Å². The third kappa shape index (κ3) is 24.9. The molecule has 0 heterocycles. The molecule has 200 valence electrons. The highest BCUT2D eigenvalue weighted by Crippen LogP contribution is 2.35. The molecule has 0 radical (unpaired) electrons. The Morgan fingerprint density at radius 2 is 1.66 bits per heavy atom. The van der Waals surface area contributed by atoms with E-state index in [0.717, 1.165) is 19.8 Å². The summed E-state index contributed by atoms with van der Waals surface area (Å²) >= 11 is 0. The largest absolute Gasteiger partial charge is 0.469 e. The average molecular weight is 517 g/mol. The van der Waals surface area contributed by atoms with Crippen LogP contribution in [-0.2, 0) is 28.2 Å². The Balaban J connectivity index is 4.09. The van der Waals surface area contributed by atoms with E-state index in [1.165, 1.54) is 19.3 Å². The van der Waals surface area contributed by atoms with E-state index in [1.807, 2.05) is 18.2 Å². The standard InChI is InChI=1S/C25H41O9P/c1-3-4-5-6-7-8-9-11-14-17-23(27)18-15-12-10-13-16-19-25(28)34-24(20-32-22(2)26)21-33-35(29,30)31/h7-8,10-12,14-15,18,23-24,27H,3-6,9,13,16-17,19-21H2,1-2H3,(H2,29,30,31)/b8-7-,12-10+,14-11-,18-15-/t23?,24-/m1/s1. The molecule has 9 nitrogen and oxygen atoms in total. The highest BCUT2D eigenvalue weighted by molar-refractivity contribution is 7.46. The van der Waals surface area contributed by atoms with Gasteiger partial charge in [0.15, 0.2) is 6.10 Å². The number of carbonyl (C=O) groups is 2. The van der Waals surface area contributed by atoms with Gasteiger partial charge in [0.25, 0.3) is 0 Å². The van der Waals surface area contributed by atoms with Crippen molar-refractivity contribution in [3.05, 3.63) is 48.6 Å². The monoisotopic (exact) mass is 516 g/mol. The molecular weight excluding hydrogens is 475 g/mol. The number of unbranched alkanes of at least 4 members (excludes halogenated alkanes) is 4. The smallest absolute Gasteiger partial charge is 0.462 e. The molecule has 0 saturated heterocycles. The number of aliphatic hydroxyl groups excluding tert-OH is 1. The first kappa shape index (κ1) is 33.0. The summed E-state index contributed by atoms with van der Waals surface area (Å²) in [6.45, 7) is 2.39. The second-order valence-electron chi connectivity index (χ2n) is 7.88. The van der Waals surface area contributed by atoms with E-state index < -0.39 is 38.6 Å². The Morgan fingerprint density at radius 3 is 2.34 bits per heavy atom. The molecule has 10 heteroatoms. The summed E-state index contributed by atoms with van der Waals surface area (Å²) < 4.78 is 24.9. The molecule has 0 rings (SSSR count). The maximum absolute atomic E-state index is 11.9. The normalized spacial score (nSPS) is 14.3. The van der Waals surface area contributed by atoms with Crippen molar-refractivity contribution in [3.63, 3.8) is 0 Å². The van der Waals surface area contributed by atoms with Crippen LogP contribution in [0.2, 0.25) is 0 Å². The maximum atomic E-state index is 11.9. The van der Waals surface area contributed by atoms with Gasteiger partial charge in [0.05, 0.1) is 12.7 Å². The molecule has 0 saturated carbocycles. The van der Waals surface area contributed by atoms with Crippen LogP contribution in [0.15, 0.2) is 48.6 Å². The van der Waals surface area contributed by atoms with Gasteiger partial charge in [0, 0.05) is 13.3 Å². The molecule has 2 atom stereocenters. The van der Waals surface area contributed by atoms with Crippen LogP contribution >= 0.6 is 7.82 Å². The van der Waals surface area contributed by atoms with Crippen molar-refractivity contribution < 1.29 is 43.0 Å². The van der Waals surface area contributed by atoms with Crippen molar-refractivity contribution in [2.24, 2.45) is 0 Å². The summed E-state index contributed by atoms with van der Waals surface area (Å²) in [6, 6.07) is 0. The third-order valence-electron chi connectivity index (χ3n) is 4.49. The van der Waals surface area contributed by atoms with Gasteiger partial charge in [-0.3, -0.25) is 14.1 Å². The maximum Gasteiger partial charge on any atom is 0.469 e. The van der Waals surface area contributed by atoms with Crippen LogP contribution in [0.25, 0.3) is 0 Å². The molecule has 0 aliphatic carbocycles. The van der Waals surface area contributed by atoms with Crippen LogP contribution in [0.5, 0.6) is 0 Å². The minimum absolute atomic E-state index is 0.0704. The molecule has 0 aliphatic rings. The minimum atomic E-state index is -4.74. The average Bonchev–Trinajstić information content (AvgIpc) is 2.78. The number of aliphatic hydroxyl groups is 1. The molecule has 0 aromatic carbocycles. The molecule has 0 aromatic rings. The van der Waals surface area contributed by atoms with Gasteiger partial charge < -0.3 is 24.4 Å². The zero-order valence-electron chi connectivity index (χ0n) is 20.8. The van der Waals surface area contributed by atoms with Crippen LogP contribution in [0.4, 0.5) is 0 Å². The Morgan fingerprint density at radius 1 is 0.943 bits per heavy atom. The quantitative estimate of drug-likeness (QED) is 0.0691. The molecule has 3 N–H and O–H groups in total. The number of hydrogen-bond donors (Lipinski definition) is 3. The first-order valence-electron chi connectivity index (χ1n) is 12.0. The zero-order chi connectivity index (χ0) is 26.4. The van der Waals surface area contributed by atoms with Gasteiger partial charge in [-0.25, -0.2) is 4.57 Å². The number of hydrogen-bond acceptors (Lipinski definition) is 7. The van der Waals surface area contributed by atoms with Crippen LogP contribution in [-0.4, -0.2) is 52.3 Å². The number of carbonyl (C=O) groups excluding carboxylic acids is 2. The van der Waals surface area contributed by atoms with Gasteiger partial charge in [0.1, 0.15) is 6.61 Å². The summed E-state index contributed by atoms with van der Waals surface area (Å²) in [4.78, 5) is 40.4. The fourth-order valence-electron chi connectivity index (χ4n) is 2.70. The first-order valence-corrected chi connectivity index (χ1v) is 13.5. The first-order chi connectivity index (χ1) is 16.6. The highest BCUT2D eigenvalue weighted by Gasteiger charge is 2.22. The van der Waals surface area contributed by atoms with Crippen molar-refractivity contribution in [2.45, 2.75) is 83.8 Å². The minimum Gasteiger partial charge on any atom is -0.462 e. The molecular formula is C25H41O9P. The van der Waals surface area contributed by atoms with E-state index in [2.05, 4.69) is 23.6 Å². The summed E-state index contributed by atoms with van der Waals surface area (Å²) in [5.41, 5.74) is 0. The summed E-state index contributed by atoms with van der Waals surface area (Å²) in [5, 5.41) is 9.94. The number of phosphoric acid groups is 1. The topological polar surface area (TPSA) is 140 Å². The predicted octanol–water partition coefficient (Wildman–Crippen LogP) is 4.69. The van der Waals surface area contributed by atoms with Crippen LogP contribution in [0.3, 0.4) is 0 Å².